The highest BCUT2D eigenvalue weighted by atomic mass is 19.4. The zero-order valence-electron chi connectivity index (χ0n) is 16.6. The summed E-state index contributed by atoms with van der Waals surface area (Å²) >= 11 is 0. The minimum Gasteiger partial charge on any atom is -0.488 e. The molecule has 29 heavy (non-hydrogen) atoms. The van der Waals surface area contributed by atoms with Crippen molar-refractivity contribution in [1.29, 1.82) is 0 Å². The van der Waals surface area contributed by atoms with Crippen molar-refractivity contribution < 1.29 is 17.9 Å². The van der Waals surface area contributed by atoms with Gasteiger partial charge in [0, 0.05) is 5.57 Å². The van der Waals surface area contributed by atoms with Gasteiger partial charge in [0.05, 0.1) is 5.57 Å². The molecule has 0 unspecified atom stereocenters. The number of rotatable bonds is 4. The summed E-state index contributed by atoms with van der Waals surface area (Å²) in [6, 6.07) is 23.4. The topological polar surface area (TPSA) is 9.23 Å². The van der Waals surface area contributed by atoms with Gasteiger partial charge in [0.1, 0.15) is 11.4 Å². The minimum absolute atomic E-state index is 0.133. The molecule has 1 nitrogen and oxygen atoms in total. The van der Waals surface area contributed by atoms with Crippen LogP contribution in [0.3, 0.4) is 0 Å². The monoisotopic (exact) mass is 396 g/mol. The number of allylic oxidation sites excluding steroid dienone is 1. The molecule has 3 rings (SSSR count). The largest absolute Gasteiger partial charge is 0.488 e. The molecule has 150 valence electrons. The maximum Gasteiger partial charge on any atom is 0.417 e. The third-order valence-corrected chi connectivity index (χ3v) is 4.23. The van der Waals surface area contributed by atoms with E-state index in [1.807, 2.05) is 20.8 Å². The number of ether oxygens (including phenoxy) is 1. The van der Waals surface area contributed by atoms with Gasteiger partial charge < -0.3 is 4.74 Å². The van der Waals surface area contributed by atoms with Gasteiger partial charge in [-0.2, -0.15) is 13.2 Å². The van der Waals surface area contributed by atoms with Crippen LogP contribution in [0.1, 0.15) is 37.5 Å². The quantitative estimate of drug-likeness (QED) is 0.418. The van der Waals surface area contributed by atoms with Crippen molar-refractivity contribution in [1.82, 2.24) is 0 Å². The lowest BCUT2D eigenvalue weighted by Gasteiger charge is -2.22. The summed E-state index contributed by atoms with van der Waals surface area (Å²) in [5, 5.41) is 0. The Morgan fingerprint density at radius 1 is 0.621 bits per heavy atom. The fraction of sp³-hybridized carbons (Fsp3) is 0.200. The predicted octanol–water partition coefficient (Wildman–Crippen LogP) is 7.39. The molecule has 0 amide bonds. The molecule has 0 atom stereocenters. The average Bonchev–Trinajstić information content (AvgIpc) is 2.66. The second-order valence-electron chi connectivity index (χ2n) is 7.72. The van der Waals surface area contributed by atoms with E-state index in [-0.39, 0.29) is 16.7 Å². The van der Waals surface area contributed by atoms with Crippen LogP contribution in [0.15, 0.2) is 84.9 Å². The van der Waals surface area contributed by atoms with Crippen LogP contribution in [0.5, 0.6) is 5.75 Å². The van der Waals surface area contributed by atoms with Gasteiger partial charge in [0.25, 0.3) is 0 Å². The molecule has 0 aliphatic carbocycles. The second kappa shape index (κ2) is 8.16. The fourth-order valence-corrected chi connectivity index (χ4v) is 3.16. The average molecular weight is 396 g/mol. The third-order valence-electron chi connectivity index (χ3n) is 4.23. The SMILES string of the molecule is CC(C)(C)Oc1ccc(/C(=C(\c2ccccc2)C(F)(F)F)c2ccccc2)cc1. The first-order chi connectivity index (χ1) is 13.6. The van der Waals surface area contributed by atoms with Gasteiger partial charge in [-0.15, -0.1) is 0 Å². The molecule has 0 aliphatic rings. The first-order valence-corrected chi connectivity index (χ1v) is 9.37. The summed E-state index contributed by atoms with van der Waals surface area (Å²) in [5.41, 5.74) is 0.219. The number of alkyl halides is 3. The van der Waals surface area contributed by atoms with E-state index in [0.717, 1.165) is 0 Å². The molecule has 0 bridgehead atoms. The van der Waals surface area contributed by atoms with Crippen LogP contribution >= 0.6 is 0 Å². The first-order valence-electron chi connectivity index (χ1n) is 9.37. The molecule has 3 aromatic rings. The number of benzene rings is 3. The predicted molar refractivity (Wildman–Crippen MR) is 112 cm³/mol. The van der Waals surface area contributed by atoms with Crippen LogP contribution < -0.4 is 4.74 Å². The standard InChI is InChI=1S/C25H23F3O/c1-24(2,3)29-21-16-14-19(15-17-21)22(18-10-6-4-7-11-18)23(25(26,27)28)20-12-8-5-9-13-20/h4-17H,1-3H3/b23-22+. The van der Waals surface area contributed by atoms with E-state index in [9.17, 15) is 13.2 Å². The van der Waals surface area contributed by atoms with Gasteiger partial charge in [-0.1, -0.05) is 72.8 Å². The highest BCUT2D eigenvalue weighted by Gasteiger charge is 2.38. The van der Waals surface area contributed by atoms with Crippen molar-refractivity contribution in [3.8, 4) is 5.75 Å². The van der Waals surface area contributed by atoms with Crippen LogP contribution in [-0.2, 0) is 0 Å². The van der Waals surface area contributed by atoms with Gasteiger partial charge in [0.15, 0.2) is 0 Å². The van der Waals surface area contributed by atoms with Gasteiger partial charge in [-0.25, -0.2) is 0 Å². The molecule has 0 fully saturated rings. The highest BCUT2D eigenvalue weighted by Crippen LogP contribution is 2.42. The van der Waals surface area contributed by atoms with Gasteiger partial charge >= 0.3 is 6.18 Å². The normalized spacial score (nSPS) is 13.0. The molecule has 0 saturated heterocycles. The number of hydrogen-bond donors (Lipinski definition) is 0. The summed E-state index contributed by atoms with van der Waals surface area (Å²) in [6.45, 7) is 5.77. The summed E-state index contributed by atoms with van der Waals surface area (Å²) in [4.78, 5) is 0. The van der Waals surface area contributed by atoms with Crippen molar-refractivity contribution >= 4 is 11.1 Å². The van der Waals surface area contributed by atoms with Gasteiger partial charge in [-0.3, -0.25) is 0 Å². The lowest BCUT2D eigenvalue weighted by atomic mass is 9.89. The Balaban J connectivity index is 2.23. The lowest BCUT2D eigenvalue weighted by molar-refractivity contribution is -0.0685. The van der Waals surface area contributed by atoms with Crippen LogP contribution in [0.25, 0.3) is 11.1 Å². The van der Waals surface area contributed by atoms with E-state index < -0.39 is 11.7 Å². The zero-order valence-corrected chi connectivity index (χ0v) is 16.6. The highest BCUT2D eigenvalue weighted by molar-refractivity contribution is 6.00. The van der Waals surface area contributed by atoms with Gasteiger partial charge in [0.2, 0.25) is 0 Å². The zero-order chi connectivity index (χ0) is 21.1. The maximum absolute atomic E-state index is 14.2. The van der Waals surface area contributed by atoms with E-state index in [4.69, 9.17) is 4.74 Å². The van der Waals surface area contributed by atoms with Crippen LogP contribution in [0.4, 0.5) is 13.2 Å². The Morgan fingerprint density at radius 2 is 1.07 bits per heavy atom. The molecule has 4 heteroatoms. The Bertz CT molecular complexity index is 965. The minimum atomic E-state index is -4.52. The van der Waals surface area contributed by atoms with Gasteiger partial charge in [-0.05, 0) is 49.6 Å². The maximum atomic E-state index is 14.2. The molecular formula is C25H23F3O. The van der Waals surface area contributed by atoms with E-state index >= 15 is 0 Å². The smallest absolute Gasteiger partial charge is 0.417 e. The van der Waals surface area contributed by atoms with Crippen LogP contribution in [-0.4, -0.2) is 11.8 Å². The number of halogens is 3. The molecule has 0 spiro atoms. The van der Waals surface area contributed by atoms with E-state index in [1.165, 1.54) is 12.1 Å². The van der Waals surface area contributed by atoms with Crippen molar-refractivity contribution in [2.75, 3.05) is 0 Å². The summed E-state index contributed by atoms with van der Waals surface area (Å²) in [7, 11) is 0. The van der Waals surface area contributed by atoms with E-state index in [2.05, 4.69) is 0 Å². The molecule has 3 aromatic carbocycles. The van der Waals surface area contributed by atoms with Crippen molar-refractivity contribution in [2.24, 2.45) is 0 Å². The molecule has 0 heterocycles. The molecule has 0 N–H and O–H groups in total. The summed E-state index contributed by atoms with van der Waals surface area (Å²) in [5.74, 6) is 0.613. The summed E-state index contributed by atoms with van der Waals surface area (Å²) in [6.07, 6.45) is -4.52. The van der Waals surface area contributed by atoms with Crippen molar-refractivity contribution in [3.05, 3.63) is 102 Å². The Hall–Kier alpha value is -3.01. The molecular weight excluding hydrogens is 373 g/mol. The molecule has 0 aromatic heterocycles. The van der Waals surface area contributed by atoms with Crippen molar-refractivity contribution in [3.63, 3.8) is 0 Å². The lowest BCUT2D eigenvalue weighted by Crippen LogP contribution is -2.22. The van der Waals surface area contributed by atoms with Crippen molar-refractivity contribution in [2.45, 2.75) is 32.5 Å². The fourth-order valence-electron chi connectivity index (χ4n) is 3.16. The Morgan fingerprint density at radius 3 is 1.52 bits per heavy atom. The Labute approximate surface area is 169 Å². The molecule has 0 saturated carbocycles. The van der Waals surface area contributed by atoms with E-state index in [0.29, 0.717) is 16.9 Å². The number of hydrogen-bond acceptors (Lipinski definition) is 1. The third kappa shape index (κ3) is 5.29. The Kier molecular flexibility index (Phi) is 5.83. The first kappa shape index (κ1) is 20.7. The van der Waals surface area contributed by atoms with Crippen LogP contribution in [0, 0.1) is 0 Å². The molecule has 0 radical (unpaired) electrons. The molecule has 0 aliphatic heterocycles. The van der Waals surface area contributed by atoms with E-state index in [1.54, 1.807) is 72.8 Å². The second-order valence-corrected chi connectivity index (χ2v) is 7.72. The summed E-state index contributed by atoms with van der Waals surface area (Å²) < 4.78 is 48.6. The van der Waals surface area contributed by atoms with Crippen LogP contribution in [0.2, 0.25) is 0 Å².